The quantitative estimate of drug-likeness (QED) is 0.832. The van der Waals surface area contributed by atoms with Gasteiger partial charge < -0.3 is 15.0 Å². The van der Waals surface area contributed by atoms with Crippen LogP contribution in [0.5, 0.6) is 5.75 Å². The average molecular weight is 331 g/mol. The summed E-state index contributed by atoms with van der Waals surface area (Å²) >= 11 is 0. The Morgan fingerprint density at radius 3 is 2.83 bits per heavy atom. The molecule has 0 bridgehead atoms. The van der Waals surface area contributed by atoms with Gasteiger partial charge in [0, 0.05) is 20.6 Å². The molecule has 0 saturated carbocycles. The van der Waals surface area contributed by atoms with Crippen molar-refractivity contribution in [1.82, 2.24) is 15.1 Å². The highest BCUT2D eigenvalue weighted by Crippen LogP contribution is 2.25. The molecule has 0 spiro atoms. The number of aryl methyl sites for hydroxylation is 1. The highest BCUT2D eigenvalue weighted by atomic mass is 16.5. The van der Waals surface area contributed by atoms with Crippen LogP contribution >= 0.6 is 0 Å². The minimum absolute atomic E-state index is 0.0283. The molecule has 24 heavy (non-hydrogen) atoms. The normalized spacial score (nSPS) is 20.0. The number of nitrogens with one attached hydrogen (secondary N) is 1. The van der Waals surface area contributed by atoms with Crippen LogP contribution in [0, 0.1) is 0 Å². The molecule has 2 heterocycles. The summed E-state index contributed by atoms with van der Waals surface area (Å²) in [6.45, 7) is 1.14. The molecule has 3 rings (SSSR count). The van der Waals surface area contributed by atoms with Gasteiger partial charge in [-0.3, -0.25) is 14.5 Å². The second-order valence-electron chi connectivity index (χ2n) is 6.18. The van der Waals surface area contributed by atoms with Crippen molar-refractivity contribution in [2.45, 2.75) is 31.8 Å². The fourth-order valence-corrected chi connectivity index (χ4v) is 3.05. The summed E-state index contributed by atoms with van der Waals surface area (Å²) in [5, 5.41) is 2.81. The lowest BCUT2D eigenvalue weighted by molar-refractivity contribution is -0.131. The number of ether oxygens (including phenoxy) is 1. The standard InChI is InChI=1S/C17H21N3O4/c1-19-13(16(22)20(2)17(19)23)9-15(21)18-10-11-5-6-14-12(8-11)4-3-7-24-14/h5-6,8,13H,3-4,7,9-10H2,1-2H3,(H,18,21)/t13-/m1/s1. The summed E-state index contributed by atoms with van der Waals surface area (Å²) in [6, 6.07) is 4.79. The zero-order chi connectivity index (χ0) is 17.3. The monoisotopic (exact) mass is 331 g/mol. The van der Waals surface area contributed by atoms with Crippen molar-refractivity contribution in [3.63, 3.8) is 0 Å². The zero-order valence-electron chi connectivity index (χ0n) is 13.9. The number of nitrogens with zero attached hydrogens (tertiary/aromatic N) is 2. The van der Waals surface area contributed by atoms with E-state index < -0.39 is 6.04 Å². The Balaban J connectivity index is 1.56. The number of carbonyl (C=O) groups excluding carboxylic acids is 3. The lowest BCUT2D eigenvalue weighted by Gasteiger charge is -2.18. The fraction of sp³-hybridized carbons (Fsp3) is 0.471. The summed E-state index contributed by atoms with van der Waals surface area (Å²) in [5.41, 5.74) is 2.15. The van der Waals surface area contributed by atoms with Gasteiger partial charge in [-0.05, 0) is 30.0 Å². The lowest BCUT2D eigenvalue weighted by Crippen LogP contribution is -2.37. The molecule has 2 aliphatic rings. The predicted molar refractivity (Wildman–Crippen MR) is 86.4 cm³/mol. The first-order valence-electron chi connectivity index (χ1n) is 8.03. The van der Waals surface area contributed by atoms with Crippen LogP contribution in [0.25, 0.3) is 0 Å². The number of fused-ring (bicyclic) bond motifs is 1. The first kappa shape index (κ1) is 16.3. The van der Waals surface area contributed by atoms with E-state index >= 15 is 0 Å². The number of rotatable bonds is 4. The Hall–Kier alpha value is -2.57. The van der Waals surface area contributed by atoms with Crippen molar-refractivity contribution in [2.75, 3.05) is 20.7 Å². The molecule has 1 aromatic rings. The molecule has 0 radical (unpaired) electrons. The Labute approximate surface area is 140 Å². The third-order valence-electron chi connectivity index (χ3n) is 4.51. The van der Waals surface area contributed by atoms with Crippen molar-refractivity contribution >= 4 is 17.8 Å². The highest BCUT2D eigenvalue weighted by Gasteiger charge is 2.41. The van der Waals surface area contributed by atoms with Crippen LogP contribution < -0.4 is 10.1 Å². The second kappa shape index (κ2) is 6.51. The van der Waals surface area contributed by atoms with Gasteiger partial charge in [0.05, 0.1) is 13.0 Å². The van der Waals surface area contributed by atoms with E-state index in [4.69, 9.17) is 4.74 Å². The molecule has 1 N–H and O–H groups in total. The highest BCUT2D eigenvalue weighted by molar-refractivity contribution is 6.05. The van der Waals surface area contributed by atoms with Crippen LogP contribution in [0.15, 0.2) is 18.2 Å². The van der Waals surface area contributed by atoms with Gasteiger partial charge >= 0.3 is 6.03 Å². The van der Waals surface area contributed by atoms with E-state index in [2.05, 4.69) is 5.32 Å². The number of urea groups is 1. The van der Waals surface area contributed by atoms with E-state index in [9.17, 15) is 14.4 Å². The Kier molecular flexibility index (Phi) is 4.42. The maximum atomic E-state index is 12.1. The molecular formula is C17H21N3O4. The molecule has 0 unspecified atom stereocenters. The summed E-state index contributed by atoms with van der Waals surface area (Å²) in [4.78, 5) is 38.1. The maximum Gasteiger partial charge on any atom is 0.326 e. The zero-order valence-corrected chi connectivity index (χ0v) is 13.9. The molecule has 7 nitrogen and oxygen atoms in total. The van der Waals surface area contributed by atoms with E-state index in [0.717, 1.165) is 41.2 Å². The molecule has 4 amide bonds. The molecule has 1 saturated heterocycles. The third kappa shape index (κ3) is 3.06. The van der Waals surface area contributed by atoms with E-state index in [0.29, 0.717) is 6.54 Å². The van der Waals surface area contributed by atoms with Crippen LogP contribution in [0.3, 0.4) is 0 Å². The van der Waals surface area contributed by atoms with Gasteiger partial charge in [-0.1, -0.05) is 12.1 Å². The van der Waals surface area contributed by atoms with Crippen LogP contribution in [-0.2, 0) is 22.6 Å². The van der Waals surface area contributed by atoms with Gasteiger partial charge in [0.1, 0.15) is 11.8 Å². The summed E-state index contributed by atoms with van der Waals surface area (Å²) in [6.07, 6.45) is 1.95. The molecule has 1 atom stereocenters. The molecule has 7 heteroatoms. The number of hydrogen-bond donors (Lipinski definition) is 1. The van der Waals surface area contributed by atoms with Crippen molar-refractivity contribution < 1.29 is 19.1 Å². The van der Waals surface area contributed by atoms with E-state index in [1.807, 2.05) is 18.2 Å². The van der Waals surface area contributed by atoms with Crippen molar-refractivity contribution in [2.24, 2.45) is 0 Å². The second-order valence-corrected chi connectivity index (χ2v) is 6.18. The van der Waals surface area contributed by atoms with E-state index in [-0.39, 0.29) is 24.3 Å². The SMILES string of the molecule is CN1C(=O)[C@@H](CC(=O)NCc2ccc3c(c2)CCCO3)N(C)C1=O. The van der Waals surface area contributed by atoms with E-state index in [1.165, 1.54) is 19.0 Å². The average Bonchev–Trinajstić information content (AvgIpc) is 2.77. The molecule has 1 fully saturated rings. The predicted octanol–water partition coefficient (Wildman–Crippen LogP) is 0.910. The minimum atomic E-state index is -0.723. The van der Waals surface area contributed by atoms with Gasteiger partial charge in [-0.15, -0.1) is 0 Å². The lowest BCUT2D eigenvalue weighted by atomic mass is 10.0. The number of benzene rings is 1. The van der Waals surface area contributed by atoms with Gasteiger partial charge in [-0.2, -0.15) is 0 Å². The van der Waals surface area contributed by atoms with Crippen LogP contribution in [-0.4, -0.2) is 54.4 Å². The van der Waals surface area contributed by atoms with Crippen molar-refractivity contribution in [3.05, 3.63) is 29.3 Å². The Bertz CT molecular complexity index is 688. The van der Waals surface area contributed by atoms with E-state index in [1.54, 1.807) is 0 Å². The number of hydrogen-bond acceptors (Lipinski definition) is 4. The molecule has 0 aliphatic carbocycles. The van der Waals surface area contributed by atoms with Gasteiger partial charge in [0.2, 0.25) is 5.91 Å². The number of amides is 4. The molecule has 128 valence electrons. The first-order valence-corrected chi connectivity index (χ1v) is 8.03. The number of imide groups is 1. The molecule has 1 aromatic carbocycles. The smallest absolute Gasteiger partial charge is 0.326 e. The van der Waals surface area contributed by atoms with Gasteiger partial charge in [0.25, 0.3) is 5.91 Å². The molecular weight excluding hydrogens is 310 g/mol. The third-order valence-corrected chi connectivity index (χ3v) is 4.51. The first-order chi connectivity index (χ1) is 11.5. The van der Waals surface area contributed by atoms with Crippen molar-refractivity contribution in [1.29, 1.82) is 0 Å². The molecule has 2 aliphatic heterocycles. The van der Waals surface area contributed by atoms with Crippen LogP contribution in [0.1, 0.15) is 24.0 Å². The Morgan fingerprint density at radius 1 is 1.33 bits per heavy atom. The fourth-order valence-electron chi connectivity index (χ4n) is 3.05. The van der Waals surface area contributed by atoms with Crippen LogP contribution in [0.4, 0.5) is 4.79 Å². The van der Waals surface area contributed by atoms with Gasteiger partial charge in [-0.25, -0.2) is 4.79 Å². The summed E-state index contributed by atoms with van der Waals surface area (Å²) < 4.78 is 5.57. The summed E-state index contributed by atoms with van der Waals surface area (Å²) in [5.74, 6) is 0.317. The van der Waals surface area contributed by atoms with Gasteiger partial charge in [0.15, 0.2) is 0 Å². The number of likely N-dealkylation sites (N-methyl/N-ethyl adjacent to an activating group) is 2. The van der Waals surface area contributed by atoms with Crippen molar-refractivity contribution in [3.8, 4) is 5.75 Å². The van der Waals surface area contributed by atoms with Crippen LogP contribution in [0.2, 0.25) is 0 Å². The summed E-state index contributed by atoms with van der Waals surface area (Å²) in [7, 11) is 2.96. The maximum absolute atomic E-state index is 12.1. The topological polar surface area (TPSA) is 79.0 Å². The largest absolute Gasteiger partial charge is 0.493 e. The Morgan fingerprint density at radius 2 is 2.12 bits per heavy atom. The number of carbonyl (C=O) groups is 3. The minimum Gasteiger partial charge on any atom is -0.493 e. The molecule has 0 aromatic heterocycles.